The van der Waals surface area contributed by atoms with Crippen LogP contribution in [0, 0.1) is 11.3 Å². The van der Waals surface area contributed by atoms with Crippen molar-refractivity contribution in [2.24, 2.45) is 11.3 Å². The van der Waals surface area contributed by atoms with Crippen LogP contribution in [-0.2, 0) is 4.74 Å². The van der Waals surface area contributed by atoms with Gasteiger partial charge in [-0.25, -0.2) is 0 Å². The third-order valence-electron chi connectivity index (χ3n) is 3.44. The summed E-state index contributed by atoms with van der Waals surface area (Å²) in [7, 11) is 0. The van der Waals surface area contributed by atoms with E-state index in [9.17, 15) is 0 Å². The molecule has 0 spiro atoms. The molecule has 0 bridgehead atoms. The van der Waals surface area contributed by atoms with E-state index >= 15 is 0 Å². The van der Waals surface area contributed by atoms with Gasteiger partial charge in [0.05, 0.1) is 12.7 Å². The van der Waals surface area contributed by atoms with Crippen LogP contribution in [0.2, 0.25) is 0 Å². The fourth-order valence-corrected chi connectivity index (χ4v) is 2.73. The minimum Gasteiger partial charge on any atom is -0.378 e. The third-order valence-corrected chi connectivity index (χ3v) is 4.62. The molecule has 0 saturated carbocycles. The van der Waals surface area contributed by atoms with Crippen molar-refractivity contribution in [1.82, 2.24) is 0 Å². The molecule has 0 N–H and O–H groups in total. The van der Waals surface area contributed by atoms with Gasteiger partial charge in [0.2, 0.25) is 0 Å². The molecule has 16 heavy (non-hydrogen) atoms. The fourth-order valence-electron chi connectivity index (χ4n) is 2.00. The lowest BCUT2D eigenvalue weighted by Gasteiger charge is -2.33. The molecule has 0 aromatic rings. The van der Waals surface area contributed by atoms with Crippen molar-refractivity contribution >= 4 is 15.9 Å². The number of rotatable bonds is 9. The topological polar surface area (TPSA) is 9.23 Å². The van der Waals surface area contributed by atoms with Gasteiger partial charge in [0.1, 0.15) is 0 Å². The molecule has 0 aliphatic heterocycles. The van der Waals surface area contributed by atoms with Crippen molar-refractivity contribution in [2.45, 2.75) is 66.4 Å². The van der Waals surface area contributed by atoms with E-state index in [0.29, 0.717) is 17.4 Å². The first kappa shape index (κ1) is 16.4. The summed E-state index contributed by atoms with van der Waals surface area (Å²) >= 11 is 3.68. The lowest BCUT2D eigenvalue weighted by Crippen LogP contribution is -2.32. The summed E-state index contributed by atoms with van der Waals surface area (Å²) in [5, 5.41) is 1.06. The fraction of sp³-hybridized carbons (Fsp3) is 1.00. The molecule has 0 aliphatic carbocycles. The van der Waals surface area contributed by atoms with Gasteiger partial charge in [-0.15, -0.1) is 0 Å². The Labute approximate surface area is 110 Å². The van der Waals surface area contributed by atoms with Gasteiger partial charge in [-0.05, 0) is 25.7 Å². The van der Waals surface area contributed by atoms with Gasteiger partial charge in [-0.3, -0.25) is 0 Å². The predicted octanol–water partition coefficient (Wildman–Crippen LogP) is 5.03. The van der Waals surface area contributed by atoms with Crippen molar-refractivity contribution in [1.29, 1.82) is 0 Å². The van der Waals surface area contributed by atoms with Gasteiger partial charge in [0.15, 0.2) is 0 Å². The van der Waals surface area contributed by atoms with E-state index in [0.717, 1.165) is 11.9 Å². The maximum absolute atomic E-state index is 6.03. The van der Waals surface area contributed by atoms with Crippen LogP contribution >= 0.6 is 15.9 Å². The minimum absolute atomic E-state index is 0.354. The molecule has 0 radical (unpaired) electrons. The summed E-state index contributed by atoms with van der Waals surface area (Å²) in [4.78, 5) is 0. The molecule has 0 aliphatic rings. The zero-order valence-corrected chi connectivity index (χ0v) is 13.3. The van der Waals surface area contributed by atoms with Crippen molar-refractivity contribution in [3.63, 3.8) is 0 Å². The van der Waals surface area contributed by atoms with Crippen molar-refractivity contribution < 1.29 is 4.74 Å². The highest BCUT2D eigenvalue weighted by Crippen LogP contribution is 2.33. The normalized spacial score (nSPS) is 14.4. The molecule has 0 aromatic heterocycles. The van der Waals surface area contributed by atoms with Crippen LogP contribution in [0.1, 0.15) is 60.3 Å². The second-order valence-corrected chi connectivity index (χ2v) is 5.95. The van der Waals surface area contributed by atoms with E-state index in [1.54, 1.807) is 0 Å². The first-order valence-electron chi connectivity index (χ1n) is 6.69. The Morgan fingerprint density at radius 3 is 1.88 bits per heavy atom. The molecule has 1 atom stereocenters. The van der Waals surface area contributed by atoms with Gasteiger partial charge in [0, 0.05) is 10.7 Å². The van der Waals surface area contributed by atoms with E-state index in [4.69, 9.17) is 4.74 Å². The average Bonchev–Trinajstić information content (AvgIpc) is 2.25. The Kier molecular flexibility index (Phi) is 8.75. The maximum Gasteiger partial charge on any atom is 0.0570 e. The summed E-state index contributed by atoms with van der Waals surface area (Å²) in [6.07, 6.45) is 5.37. The van der Waals surface area contributed by atoms with E-state index in [1.165, 1.54) is 25.7 Å². The van der Waals surface area contributed by atoms with Crippen LogP contribution < -0.4 is 0 Å². The van der Waals surface area contributed by atoms with Gasteiger partial charge >= 0.3 is 0 Å². The number of hydrogen-bond acceptors (Lipinski definition) is 1. The molecule has 0 rings (SSSR count). The standard InChI is InChI=1S/C14H29BrO/c1-6-8-14(10-15,9-7-2)11-16-13(5)12(3)4/h12-13H,6-11H2,1-5H3. The van der Waals surface area contributed by atoms with Gasteiger partial charge in [-0.2, -0.15) is 0 Å². The van der Waals surface area contributed by atoms with Crippen molar-refractivity contribution in [3.05, 3.63) is 0 Å². The van der Waals surface area contributed by atoms with Crippen molar-refractivity contribution in [2.75, 3.05) is 11.9 Å². The summed E-state index contributed by atoms with van der Waals surface area (Å²) in [5.74, 6) is 0.608. The van der Waals surface area contributed by atoms with E-state index < -0.39 is 0 Å². The molecule has 0 saturated heterocycles. The Morgan fingerprint density at radius 2 is 1.56 bits per heavy atom. The number of halogens is 1. The molecule has 1 nitrogen and oxygen atoms in total. The largest absolute Gasteiger partial charge is 0.378 e. The number of ether oxygens (including phenoxy) is 1. The molecule has 0 amide bonds. The smallest absolute Gasteiger partial charge is 0.0570 e. The van der Waals surface area contributed by atoms with Crippen molar-refractivity contribution in [3.8, 4) is 0 Å². The monoisotopic (exact) mass is 292 g/mol. The van der Waals surface area contributed by atoms with Crippen LogP contribution in [0.25, 0.3) is 0 Å². The molecule has 2 heteroatoms. The van der Waals surface area contributed by atoms with Crippen LogP contribution in [0.4, 0.5) is 0 Å². The quantitative estimate of drug-likeness (QED) is 0.542. The Balaban J connectivity index is 4.29. The van der Waals surface area contributed by atoms with Gasteiger partial charge < -0.3 is 4.74 Å². The highest BCUT2D eigenvalue weighted by molar-refractivity contribution is 9.09. The van der Waals surface area contributed by atoms with Gasteiger partial charge in [-0.1, -0.05) is 56.5 Å². The average molecular weight is 293 g/mol. The van der Waals surface area contributed by atoms with E-state index in [1.807, 2.05) is 0 Å². The van der Waals surface area contributed by atoms with E-state index in [2.05, 4.69) is 50.5 Å². The molecule has 0 aromatic carbocycles. The maximum atomic E-state index is 6.03. The molecular formula is C14H29BrO. The Morgan fingerprint density at radius 1 is 1.06 bits per heavy atom. The highest BCUT2D eigenvalue weighted by Gasteiger charge is 2.28. The summed E-state index contributed by atoms with van der Waals surface area (Å²) in [6, 6.07) is 0. The SMILES string of the molecule is CCCC(CBr)(CCC)COC(C)C(C)C. The first-order chi connectivity index (χ1) is 7.51. The second kappa shape index (κ2) is 8.52. The summed E-state index contributed by atoms with van der Waals surface area (Å²) < 4.78 is 6.03. The molecular weight excluding hydrogens is 264 g/mol. The lowest BCUT2D eigenvalue weighted by molar-refractivity contribution is -0.0197. The summed E-state index contributed by atoms with van der Waals surface area (Å²) in [6.45, 7) is 12.1. The Hall–Kier alpha value is 0.440. The first-order valence-corrected chi connectivity index (χ1v) is 7.81. The predicted molar refractivity (Wildman–Crippen MR) is 76.3 cm³/mol. The Bertz CT molecular complexity index is 162. The van der Waals surface area contributed by atoms with E-state index in [-0.39, 0.29) is 0 Å². The molecule has 0 fully saturated rings. The third kappa shape index (κ3) is 5.67. The van der Waals surface area contributed by atoms with Crippen LogP contribution in [0.3, 0.4) is 0 Å². The van der Waals surface area contributed by atoms with Crippen LogP contribution in [-0.4, -0.2) is 18.0 Å². The lowest BCUT2D eigenvalue weighted by atomic mass is 9.82. The zero-order valence-electron chi connectivity index (χ0n) is 11.7. The summed E-state index contributed by atoms with van der Waals surface area (Å²) in [5.41, 5.74) is 0.354. The number of hydrogen-bond donors (Lipinski definition) is 0. The number of alkyl halides is 1. The van der Waals surface area contributed by atoms with Gasteiger partial charge in [0.25, 0.3) is 0 Å². The highest BCUT2D eigenvalue weighted by atomic mass is 79.9. The molecule has 1 unspecified atom stereocenters. The zero-order chi connectivity index (χ0) is 12.6. The molecule has 0 heterocycles. The van der Waals surface area contributed by atoms with Crippen LogP contribution in [0.5, 0.6) is 0 Å². The second-order valence-electron chi connectivity index (χ2n) is 5.39. The minimum atomic E-state index is 0.354. The van der Waals surface area contributed by atoms with Crippen LogP contribution in [0.15, 0.2) is 0 Å². The molecule has 98 valence electrons.